The molecule has 0 aromatic heterocycles. The zero-order valence-electron chi connectivity index (χ0n) is 10.7. The molecule has 19 heavy (non-hydrogen) atoms. The van der Waals surface area contributed by atoms with Gasteiger partial charge in [-0.05, 0) is 43.0 Å². The van der Waals surface area contributed by atoms with Gasteiger partial charge in [0.2, 0.25) is 0 Å². The van der Waals surface area contributed by atoms with Crippen molar-refractivity contribution >= 4 is 21.6 Å². The van der Waals surface area contributed by atoms with Gasteiger partial charge in [-0.25, -0.2) is 4.39 Å². The molecule has 1 nitrogen and oxygen atoms in total. The van der Waals surface area contributed by atoms with Gasteiger partial charge in [0.05, 0.1) is 6.04 Å². The lowest BCUT2D eigenvalue weighted by molar-refractivity contribution is 0.572. The van der Waals surface area contributed by atoms with Gasteiger partial charge in [0.25, 0.3) is 0 Å². The molecule has 1 atom stereocenters. The molecule has 0 saturated carbocycles. The molecular weight excluding hydrogens is 305 g/mol. The molecule has 0 bridgehead atoms. The number of hydrogen-bond acceptors (Lipinski definition) is 1. The van der Waals surface area contributed by atoms with E-state index in [0.29, 0.717) is 0 Å². The van der Waals surface area contributed by atoms with Gasteiger partial charge in [0.15, 0.2) is 0 Å². The Bertz CT molecular complexity index is 624. The topological polar surface area (TPSA) is 12.0 Å². The van der Waals surface area contributed by atoms with Crippen molar-refractivity contribution < 1.29 is 4.39 Å². The maximum absolute atomic E-state index is 13.8. The summed E-state index contributed by atoms with van der Waals surface area (Å²) in [5.41, 5.74) is 4.42. The smallest absolute Gasteiger partial charge is 0.128 e. The van der Waals surface area contributed by atoms with Crippen LogP contribution in [0.15, 0.2) is 40.9 Å². The van der Waals surface area contributed by atoms with E-state index in [1.807, 2.05) is 12.1 Å². The second-order valence-electron chi connectivity index (χ2n) is 5.02. The van der Waals surface area contributed by atoms with Crippen LogP contribution >= 0.6 is 15.9 Å². The molecule has 0 aliphatic carbocycles. The van der Waals surface area contributed by atoms with Gasteiger partial charge in [0.1, 0.15) is 5.82 Å². The van der Waals surface area contributed by atoms with E-state index in [1.165, 1.54) is 17.2 Å². The standard InChI is InChI=1S/C16H15BrFN/c1-10-8-11-6-7-15(19-16(11)9-13(10)17)12-4-2-3-5-14(12)18/h2-5,8-9,15,19H,6-7H2,1H3. The molecule has 1 aliphatic heterocycles. The van der Waals surface area contributed by atoms with Gasteiger partial charge in [0, 0.05) is 15.7 Å². The summed E-state index contributed by atoms with van der Waals surface area (Å²) >= 11 is 3.55. The minimum atomic E-state index is -0.130. The van der Waals surface area contributed by atoms with Gasteiger partial charge in [-0.3, -0.25) is 0 Å². The van der Waals surface area contributed by atoms with Crippen LogP contribution in [0.25, 0.3) is 0 Å². The molecule has 1 aliphatic rings. The fourth-order valence-corrected chi connectivity index (χ4v) is 2.98. The van der Waals surface area contributed by atoms with Crippen molar-refractivity contribution in [3.05, 3.63) is 63.4 Å². The molecule has 98 valence electrons. The zero-order valence-corrected chi connectivity index (χ0v) is 12.3. The van der Waals surface area contributed by atoms with E-state index in [2.05, 4.69) is 40.3 Å². The van der Waals surface area contributed by atoms with Crippen LogP contribution in [0, 0.1) is 12.7 Å². The lowest BCUT2D eigenvalue weighted by Gasteiger charge is -2.28. The summed E-state index contributed by atoms with van der Waals surface area (Å²) in [6.45, 7) is 2.09. The summed E-state index contributed by atoms with van der Waals surface area (Å²) in [5, 5.41) is 3.45. The predicted molar refractivity (Wildman–Crippen MR) is 80.0 cm³/mol. The van der Waals surface area contributed by atoms with Crippen LogP contribution in [-0.4, -0.2) is 0 Å². The molecule has 3 heteroatoms. The Balaban J connectivity index is 1.94. The average Bonchev–Trinajstić information content (AvgIpc) is 2.40. The highest BCUT2D eigenvalue weighted by Crippen LogP contribution is 2.36. The van der Waals surface area contributed by atoms with E-state index in [-0.39, 0.29) is 11.9 Å². The third-order valence-electron chi connectivity index (χ3n) is 3.70. The average molecular weight is 320 g/mol. The Morgan fingerprint density at radius 2 is 2.05 bits per heavy atom. The first-order valence-corrected chi connectivity index (χ1v) is 7.24. The minimum absolute atomic E-state index is 0.0586. The maximum atomic E-state index is 13.8. The van der Waals surface area contributed by atoms with Crippen LogP contribution in [-0.2, 0) is 6.42 Å². The van der Waals surface area contributed by atoms with Gasteiger partial charge >= 0.3 is 0 Å². The summed E-state index contributed by atoms with van der Waals surface area (Å²) in [7, 11) is 0. The summed E-state index contributed by atoms with van der Waals surface area (Å²) < 4.78 is 14.9. The molecule has 0 fully saturated rings. The third-order valence-corrected chi connectivity index (χ3v) is 4.55. The quantitative estimate of drug-likeness (QED) is 0.780. The monoisotopic (exact) mass is 319 g/mol. The number of halogens is 2. The van der Waals surface area contributed by atoms with Crippen molar-refractivity contribution in [2.24, 2.45) is 0 Å². The SMILES string of the molecule is Cc1cc2c(cc1Br)NC(c1ccccc1F)CC2. The van der Waals surface area contributed by atoms with E-state index >= 15 is 0 Å². The number of aryl methyl sites for hydroxylation is 2. The lowest BCUT2D eigenvalue weighted by atomic mass is 9.92. The normalized spacial score (nSPS) is 17.7. The maximum Gasteiger partial charge on any atom is 0.128 e. The van der Waals surface area contributed by atoms with Crippen LogP contribution in [0.1, 0.15) is 29.2 Å². The van der Waals surface area contributed by atoms with E-state index in [9.17, 15) is 4.39 Å². The van der Waals surface area contributed by atoms with Crippen LogP contribution in [0.5, 0.6) is 0 Å². The lowest BCUT2D eigenvalue weighted by Crippen LogP contribution is -2.19. The highest BCUT2D eigenvalue weighted by atomic mass is 79.9. The Labute approximate surface area is 121 Å². The van der Waals surface area contributed by atoms with Crippen molar-refractivity contribution in [3.8, 4) is 0 Å². The molecule has 1 unspecified atom stereocenters. The first-order valence-electron chi connectivity index (χ1n) is 6.45. The Morgan fingerprint density at radius 3 is 2.84 bits per heavy atom. The third kappa shape index (κ3) is 2.39. The van der Waals surface area contributed by atoms with Crippen molar-refractivity contribution in [1.29, 1.82) is 0 Å². The van der Waals surface area contributed by atoms with Gasteiger partial charge in [-0.2, -0.15) is 0 Å². The highest BCUT2D eigenvalue weighted by Gasteiger charge is 2.21. The number of anilines is 1. The summed E-state index contributed by atoms with van der Waals surface area (Å²) in [6.07, 6.45) is 1.91. The van der Waals surface area contributed by atoms with E-state index < -0.39 is 0 Å². The largest absolute Gasteiger partial charge is 0.378 e. The molecule has 2 aromatic carbocycles. The molecule has 1 heterocycles. The predicted octanol–water partition coefficient (Wildman–Crippen LogP) is 5.00. The number of fused-ring (bicyclic) bond motifs is 1. The molecule has 2 aromatic rings. The zero-order chi connectivity index (χ0) is 13.4. The van der Waals surface area contributed by atoms with E-state index in [0.717, 1.165) is 28.6 Å². The second kappa shape index (κ2) is 4.97. The summed E-state index contributed by atoms with van der Waals surface area (Å²) in [6, 6.07) is 11.4. The van der Waals surface area contributed by atoms with Crippen LogP contribution < -0.4 is 5.32 Å². The molecule has 1 N–H and O–H groups in total. The first kappa shape index (κ1) is 12.7. The number of benzene rings is 2. The minimum Gasteiger partial charge on any atom is -0.378 e. The highest BCUT2D eigenvalue weighted by molar-refractivity contribution is 9.10. The van der Waals surface area contributed by atoms with E-state index in [4.69, 9.17) is 0 Å². The fraction of sp³-hybridized carbons (Fsp3) is 0.250. The molecule has 0 saturated heterocycles. The molecule has 0 spiro atoms. The van der Waals surface area contributed by atoms with Crippen LogP contribution in [0.2, 0.25) is 0 Å². The number of hydrogen-bond donors (Lipinski definition) is 1. The van der Waals surface area contributed by atoms with Crippen LogP contribution in [0.4, 0.5) is 10.1 Å². The van der Waals surface area contributed by atoms with Gasteiger partial charge in [-0.1, -0.05) is 40.2 Å². The van der Waals surface area contributed by atoms with Gasteiger partial charge in [-0.15, -0.1) is 0 Å². The molecule has 3 rings (SSSR count). The van der Waals surface area contributed by atoms with E-state index in [1.54, 1.807) is 6.07 Å². The van der Waals surface area contributed by atoms with Crippen LogP contribution in [0.3, 0.4) is 0 Å². The Hall–Kier alpha value is -1.35. The fourth-order valence-electron chi connectivity index (χ4n) is 2.63. The second-order valence-corrected chi connectivity index (χ2v) is 5.87. The van der Waals surface area contributed by atoms with Crippen molar-refractivity contribution in [1.82, 2.24) is 0 Å². The Morgan fingerprint density at radius 1 is 1.26 bits per heavy atom. The van der Waals surface area contributed by atoms with Crippen molar-refractivity contribution in [2.45, 2.75) is 25.8 Å². The van der Waals surface area contributed by atoms with Crippen molar-refractivity contribution in [3.63, 3.8) is 0 Å². The van der Waals surface area contributed by atoms with Gasteiger partial charge < -0.3 is 5.32 Å². The number of nitrogens with one attached hydrogen (secondary N) is 1. The summed E-state index contributed by atoms with van der Waals surface area (Å²) in [4.78, 5) is 0. The Kier molecular flexibility index (Phi) is 3.31. The molecular formula is C16H15BrFN. The molecule has 0 radical (unpaired) electrons. The number of rotatable bonds is 1. The van der Waals surface area contributed by atoms with Crippen molar-refractivity contribution in [2.75, 3.05) is 5.32 Å². The first-order chi connectivity index (χ1) is 9.15. The molecule has 0 amide bonds. The summed E-state index contributed by atoms with van der Waals surface area (Å²) in [5.74, 6) is -0.130.